The Labute approximate surface area is 133 Å². The minimum atomic E-state index is -0.734. The minimum absolute atomic E-state index is 0.225. The number of rotatable bonds is 15. The smallest absolute Gasteiger partial charge is 0.307 e. The molecule has 1 atom stereocenters. The fraction of sp³-hybridized carbons (Fsp3) is 0.875. The molecule has 0 rings (SSSR count). The zero-order valence-electron chi connectivity index (χ0n) is 13.6. The van der Waals surface area contributed by atoms with E-state index in [2.05, 4.69) is 0 Å². The maximum absolute atomic E-state index is 11.6. The van der Waals surface area contributed by atoms with Crippen LogP contribution in [0.3, 0.4) is 0 Å². The van der Waals surface area contributed by atoms with Crippen molar-refractivity contribution in [2.24, 2.45) is 11.5 Å². The molecule has 0 saturated heterocycles. The highest BCUT2D eigenvalue weighted by atomic mass is 16.6. The van der Waals surface area contributed by atoms with Crippen molar-refractivity contribution in [1.82, 2.24) is 0 Å². The summed E-state index contributed by atoms with van der Waals surface area (Å²) in [7, 11) is 0. The molecule has 1 unspecified atom stereocenters. The summed E-state index contributed by atoms with van der Waals surface area (Å²) in [6.07, 6.45) is 9.25. The SMILES string of the molecule is NCCCCCC(N)OC(=O)CCCCCCCCC(=O)O. The van der Waals surface area contributed by atoms with Crippen LogP contribution in [0.25, 0.3) is 0 Å². The van der Waals surface area contributed by atoms with Crippen molar-refractivity contribution < 1.29 is 19.4 Å². The van der Waals surface area contributed by atoms with Crippen LogP contribution in [0.5, 0.6) is 0 Å². The van der Waals surface area contributed by atoms with Gasteiger partial charge in [-0.05, 0) is 38.6 Å². The van der Waals surface area contributed by atoms with E-state index in [1.54, 1.807) is 0 Å². The Bertz CT molecular complexity index is 298. The van der Waals surface area contributed by atoms with Crippen molar-refractivity contribution in [2.45, 2.75) is 83.3 Å². The number of carbonyl (C=O) groups is 2. The number of esters is 1. The Morgan fingerprint density at radius 1 is 0.864 bits per heavy atom. The second-order valence-corrected chi connectivity index (χ2v) is 5.68. The van der Waals surface area contributed by atoms with Crippen molar-refractivity contribution in [3.05, 3.63) is 0 Å². The second-order valence-electron chi connectivity index (χ2n) is 5.68. The first-order valence-corrected chi connectivity index (χ1v) is 8.43. The summed E-state index contributed by atoms with van der Waals surface area (Å²) in [5, 5.41) is 8.50. The number of hydrogen-bond donors (Lipinski definition) is 3. The normalized spacial score (nSPS) is 12.1. The Hall–Kier alpha value is -1.14. The van der Waals surface area contributed by atoms with Gasteiger partial charge >= 0.3 is 11.9 Å². The molecule has 6 heteroatoms. The van der Waals surface area contributed by atoms with Crippen molar-refractivity contribution in [3.8, 4) is 0 Å². The summed E-state index contributed by atoms with van der Waals surface area (Å²) in [5.41, 5.74) is 11.1. The van der Waals surface area contributed by atoms with Crippen LogP contribution in [0.4, 0.5) is 0 Å². The molecule has 22 heavy (non-hydrogen) atoms. The van der Waals surface area contributed by atoms with E-state index in [-0.39, 0.29) is 12.4 Å². The van der Waals surface area contributed by atoms with E-state index >= 15 is 0 Å². The number of ether oxygens (including phenoxy) is 1. The average molecular weight is 316 g/mol. The van der Waals surface area contributed by atoms with Gasteiger partial charge in [-0.25, -0.2) is 0 Å². The van der Waals surface area contributed by atoms with E-state index in [4.69, 9.17) is 21.3 Å². The van der Waals surface area contributed by atoms with Gasteiger partial charge in [0, 0.05) is 12.8 Å². The molecule has 0 aromatic heterocycles. The van der Waals surface area contributed by atoms with Crippen LogP contribution in [0.1, 0.15) is 77.0 Å². The van der Waals surface area contributed by atoms with Gasteiger partial charge in [0.25, 0.3) is 0 Å². The topological polar surface area (TPSA) is 116 Å². The largest absolute Gasteiger partial charge is 0.481 e. The fourth-order valence-electron chi connectivity index (χ4n) is 2.21. The standard InChI is InChI=1S/C16H32N2O4/c17-13-9-5-6-10-14(18)22-16(21)12-8-4-2-1-3-7-11-15(19)20/h14H,1-13,17-18H2,(H,19,20). The number of nitrogens with two attached hydrogens (primary N) is 2. The summed E-state index contributed by atoms with van der Waals surface area (Å²) in [5.74, 6) is -0.959. The monoisotopic (exact) mass is 316 g/mol. The van der Waals surface area contributed by atoms with Gasteiger partial charge in [-0.2, -0.15) is 0 Å². The van der Waals surface area contributed by atoms with Crippen molar-refractivity contribution >= 4 is 11.9 Å². The van der Waals surface area contributed by atoms with E-state index in [9.17, 15) is 9.59 Å². The van der Waals surface area contributed by atoms with Gasteiger partial charge in [0.2, 0.25) is 0 Å². The third-order valence-corrected chi connectivity index (χ3v) is 3.50. The highest BCUT2D eigenvalue weighted by Gasteiger charge is 2.09. The number of carboxylic acids is 1. The molecule has 0 aliphatic rings. The lowest BCUT2D eigenvalue weighted by Crippen LogP contribution is -2.27. The molecular formula is C16H32N2O4. The van der Waals surface area contributed by atoms with Crippen LogP contribution >= 0.6 is 0 Å². The molecule has 0 heterocycles. The van der Waals surface area contributed by atoms with Gasteiger partial charge in [-0.1, -0.05) is 32.1 Å². The molecule has 130 valence electrons. The van der Waals surface area contributed by atoms with E-state index in [1.807, 2.05) is 0 Å². The predicted molar refractivity (Wildman–Crippen MR) is 86.2 cm³/mol. The first-order chi connectivity index (χ1) is 10.6. The van der Waals surface area contributed by atoms with Crippen LogP contribution in [0, 0.1) is 0 Å². The number of unbranched alkanes of at least 4 members (excludes halogenated alkanes) is 7. The van der Waals surface area contributed by atoms with Crippen LogP contribution in [0.2, 0.25) is 0 Å². The third kappa shape index (κ3) is 15.3. The van der Waals surface area contributed by atoms with Gasteiger partial charge in [-0.3, -0.25) is 15.3 Å². The molecule has 0 aromatic carbocycles. The van der Waals surface area contributed by atoms with Gasteiger partial charge < -0.3 is 15.6 Å². The lowest BCUT2D eigenvalue weighted by atomic mass is 10.1. The third-order valence-electron chi connectivity index (χ3n) is 3.50. The Morgan fingerprint density at radius 2 is 1.41 bits per heavy atom. The molecule has 0 fully saturated rings. The molecule has 0 saturated carbocycles. The van der Waals surface area contributed by atoms with E-state index in [0.717, 1.165) is 57.8 Å². The van der Waals surface area contributed by atoms with Gasteiger partial charge in [0.05, 0.1) is 0 Å². The zero-order chi connectivity index (χ0) is 16.6. The average Bonchev–Trinajstić information content (AvgIpc) is 2.46. The summed E-state index contributed by atoms with van der Waals surface area (Å²) >= 11 is 0. The van der Waals surface area contributed by atoms with Crippen molar-refractivity contribution in [3.63, 3.8) is 0 Å². The summed E-state index contributed by atoms with van der Waals surface area (Å²) in [6.45, 7) is 0.686. The summed E-state index contributed by atoms with van der Waals surface area (Å²) < 4.78 is 5.14. The fourth-order valence-corrected chi connectivity index (χ4v) is 2.21. The lowest BCUT2D eigenvalue weighted by molar-refractivity contribution is -0.149. The van der Waals surface area contributed by atoms with Crippen LogP contribution in [0.15, 0.2) is 0 Å². The van der Waals surface area contributed by atoms with Crippen molar-refractivity contribution in [2.75, 3.05) is 6.54 Å². The number of aliphatic carboxylic acids is 1. The molecule has 5 N–H and O–H groups in total. The molecule has 0 aliphatic heterocycles. The quantitative estimate of drug-likeness (QED) is 0.243. The second kappa shape index (κ2) is 14.8. The Morgan fingerprint density at radius 3 is 2.00 bits per heavy atom. The van der Waals surface area contributed by atoms with Gasteiger partial charge in [0.15, 0.2) is 6.23 Å². The van der Waals surface area contributed by atoms with Crippen LogP contribution < -0.4 is 11.5 Å². The van der Waals surface area contributed by atoms with E-state index in [1.165, 1.54) is 0 Å². The van der Waals surface area contributed by atoms with Crippen LogP contribution in [-0.2, 0) is 14.3 Å². The minimum Gasteiger partial charge on any atom is -0.481 e. The highest BCUT2D eigenvalue weighted by molar-refractivity contribution is 5.69. The first-order valence-electron chi connectivity index (χ1n) is 8.43. The lowest BCUT2D eigenvalue weighted by Gasteiger charge is -2.12. The molecule has 6 nitrogen and oxygen atoms in total. The first kappa shape index (κ1) is 20.9. The Kier molecular flexibility index (Phi) is 14.0. The molecule has 0 amide bonds. The highest BCUT2D eigenvalue weighted by Crippen LogP contribution is 2.10. The molecule has 0 aliphatic carbocycles. The molecule has 0 radical (unpaired) electrons. The summed E-state index contributed by atoms with van der Waals surface area (Å²) in [6, 6.07) is 0. The molecule has 0 bridgehead atoms. The predicted octanol–water partition coefficient (Wildman–Crippen LogP) is 2.54. The van der Waals surface area contributed by atoms with E-state index < -0.39 is 12.2 Å². The molecular weight excluding hydrogens is 284 g/mol. The maximum Gasteiger partial charge on any atom is 0.307 e. The number of carbonyl (C=O) groups excluding carboxylic acids is 1. The van der Waals surface area contributed by atoms with Gasteiger partial charge in [-0.15, -0.1) is 0 Å². The molecule has 0 spiro atoms. The maximum atomic E-state index is 11.6. The van der Waals surface area contributed by atoms with Gasteiger partial charge in [0.1, 0.15) is 0 Å². The zero-order valence-corrected chi connectivity index (χ0v) is 13.6. The Balaban J connectivity index is 3.36. The number of carboxylic acid groups (broad SMARTS) is 1. The van der Waals surface area contributed by atoms with Crippen LogP contribution in [-0.4, -0.2) is 29.8 Å². The van der Waals surface area contributed by atoms with E-state index in [0.29, 0.717) is 19.4 Å². The number of hydrogen-bond acceptors (Lipinski definition) is 5. The molecule has 0 aromatic rings. The summed E-state index contributed by atoms with van der Waals surface area (Å²) in [4.78, 5) is 21.9. The van der Waals surface area contributed by atoms with Crippen molar-refractivity contribution in [1.29, 1.82) is 0 Å².